The summed E-state index contributed by atoms with van der Waals surface area (Å²) < 4.78 is 10.7. The molecule has 2 atom stereocenters. The minimum absolute atomic E-state index is 0.128. The fraction of sp³-hybridized carbons (Fsp3) is 0.357. The van der Waals surface area contributed by atoms with Crippen molar-refractivity contribution in [1.29, 1.82) is 0 Å². The summed E-state index contributed by atoms with van der Waals surface area (Å²) in [6.45, 7) is 1.22. The summed E-state index contributed by atoms with van der Waals surface area (Å²) in [5, 5.41) is 16.3. The zero-order chi connectivity index (χ0) is 27.4. The van der Waals surface area contributed by atoms with Gasteiger partial charge in [-0.3, -0.25) is 9.59 Å². The number of halogens is 1. The van der Waals surface area contributed by atoms with Gasteiger partial charge in [0.1, 0.15) is 12.3 Å². The van der Waals surface area contributed by atoms with E-state index >= 15 is 0 Å². The highest BCUT2D eigenvalue weighted by Crippen LogP contribution is 2.31. The van der Waals surface area contributed by atoms with Crippen LogP contribution in [-0.2, 0) is 16.1 Å². The molecule has 204 valence electrons. The first-order valence-electron chi connectivity index (χ1n) is 12.8. The highest BCUT2D eigenvalue weighted by molar-refractivity contribution is 6.33. The Balaban J connectivity index is 1.27. The van der Waals surface area contributed by atoms with Gasteiger partial charge >= 0.3 is 0 Å². The Morgan fingerprint density at radius 1 is 1.31 bits per heavy atom. The number of methoxy groups -OCH3 is 1. The summed E-state index contributed by atoms with van der Waals surface area (Å²) in [6.07, 6.45) is 3.49. The van der Waals surface area contributed by atoms with E-state index in [9.17, 15) is 14.7 Å². The van der Waals surface area contributed by atoms with Crippen LogP contribution in [0.4, 0.5) is 5.95 Å². The van der Waals surface area contributed by atoms with E-state index in [2.05, 4.69) is 20.6 Å². The summed E-state index contributed by atoms with van der Waals surface area (Å²) in [6, 6.07) is 12.1. The van der Waals surface area contributed by atoms with Crippen LogP contribution in [0.25, 0.3) is 11.3 Å². The van der Waals surface area contributed by atoms with E-state index in [1.54, 1.807) is 43.6 Å². The van der Waals surface area contributed by atoms with Crippen molar-refractivity contribution in [1.82, 2.24) is 20.2 Å². The molecule has 2 aliphatic heterocycles. The summed E-state index contributed by atoms with van der Waals surface area (Å²) in [5.41, 5.74) is 3.21. The topological polar surface area (TPSA) is 126 Å². The molecule has 2 aliphatic rings. The molecule has 2 aromatic carbocycles. The highest BCUT2D eigenvalue weighted by Gasteiger charge is 2.30. The third-order valence-electron chi connectivity index (χ3n) is 6.85. The molecule has 1 unspecified atom stereocenters. The van der Waals surface area contributed by atoms with Crippen LogP contribution in [0, 0.1) is 0 Å². The number of nitrogens with zero attached hydrogens (tertiary/aromatic N) is 3. The molecule has 39 heavy (non-hydrogen) atoms. The van der Waals surface area contributed by atoms with Gasteiger partial charge in [0.25, 0.3) is 5.91 Å². The van der Waals surface area contributed by atoms with Gasteiger partial charge in [0.2, 0.25) is 11.9 Å². The first kappa shape index (κ1) is 26.9. The summed E-state index contributed by atoms with van der Waals surface area (Å²) in [5.74, 6) is 0.437. The third kappa shape index (κ3) is 6.13. The maximum Gasteiger partial charge on any atom is 0.254 e. The number of carbonyl (C=O) groups is 2. The second kappa shape index (κ2) is 12.0. The zero-order valence-corrected chi connectivity index (χ0v) is 22.3. The van der Waals surface area contributed by atoms with E-state index in [1.165, 1.54) is 4.90 Å². The van der Waals surface area contributed by atoms with Crippen LogP contribution in [0.5, 0.6) is 5.75 Å². The molecule has 0 bridgehead atoms. The lowest BCUT2D eigenvalue weighted by atomic mass is 10.0. The minimum Gasteiger partial charge on any atom is -0.497 e. The number of aliphatic hydroxyl groups is 1. The lowest BCUT2D eigenvalue weighted by Crippen LogP contribution is -2.40. The van der Waals surface area contributed by atoms with Crippen molar-refractivity contribution in [2.24, 2.45) is 0 Å². The van der Waals surface area contributed by atoms with E-state index in [0.717, 1.165) is 25.0 Å². The fourth-order valence-electron chi connectivity index (χ4n) is 4.82. The van der Waals surface area contributed by atoms with Crippen molar-refractivity contribution in [3.8, 4) is 17.0 Å². The van der Waals surface area contributed by atoms with Crippen molar-refractivity contribution in [2.45, 2.75) is 31.5 Å². The molecule has 10 nitrogen and oxygen atoms in total. The average Bonchev–Trinajstić information content (AvgIpc) is 3.27. The molecule has 3 aromatic rings. The normalized spacial score (nSPS) is 17.5. The Kier molecular flexibility index (Phi) is 8.25. The van der Waals surface area contributed by atoms with E-state index in [1.807, 2.05) is 12.1 Å². The number of nitrogens with one attached hydrogen (secondary N) is 2. The van der Waals surface area contributed by atoms with Crippen molar-refractivity contribution >= 4 is 29.4 Å². The molecule has 5 rings (SSSR count). The van der Waals surface area contributed by atoms with Crippen molar-refractivity contribution in [3.05, 3.63) is 70.4 Å². The number of rotatable bonds is 9. The van der Waals surface area contributed by atoms with Gasteiger partial charge in [0, 0.05) is 24.3 Å². The minimum atomic E-state index is -0.623. The van der Waals surface area contributed by atoms with E-state index in [4.69, 9.17) is 21.1 Å². The van der Waals surface area contributed by atoms with Crippen LogP contribution < -0.4 is 15.4 Å². The maximum absolute atomic E-state index is 13.2. The number of hydrogen-bond acceptors (Lipinski definition) is 8. The largest absolute Gasteiger partial charge is 0.497 e. The van der Waals surface area contributed by atoms with Crippen LogP contribution in [0.15, 0.2) is 48.7 Å². The number of carbonyl (C=O) groups excluding carboxylic acids is 2. The maximum atomic E-state index is 13.2. The predicted octanol–water partition coefficient (Wildman–Crippen LogP) is 3.20. The molecule has 3 heterocycles. The molecule has 1 aromatic heterocycles. The molecule has 0 spiro atoms. The smallest absolute Gasteiger partial charge is 0.254 e. The number of aromatic nitrogens is 2. The first-order chi connectivity index (χ1) is 18.9. The average molecular weight is 552 g/mol. The lowest BCUT2D eigenvalue weighted by Gasteiger charge is -2.23. The Labute approximate surface area is 231 Å². The number of benzene rings is 2. The fourth-order valence-corrected chi connectivity index (χ4v) is 5.02. The monoisotopic (exact) mass is 551 g/mol. The van der Waals surface area contributed by atoms with E-state index in [0.29, 0.717) is 52.3 Å². The van der Waals surface area contributed by atoms with Gasteiger partial charge in [-0.2, -0.15) is 0 Å². The predicted molar refractivity (Wildman–Crippen MR) is 146 cm³/mol. The number of aliphatic hydroxyl groups excluding tert-OH is 1. The van der Waals surface area contributed by atoms with Crippen LogP contribution in [-0.4, -0.2) is 71.3 Å². The first-order valence-corrected chi connectivity index (χ1v) is 13.2. The lowest BCUT2D eigenvalue weighted by molar-refractivity contribution is -0.122. The quantitative estimate of drug-likeness (QED) is 0.370. The van der Waals surface area contributed by atoms with Gasteiger partial charge in [-0.1, -0.05) is 35.9 Å². The molecule has 2 amide bonds. The van der Waals surface area contributed by atoms with Crippen LogP contribution >= 0.6 is 11.6 Å². The van der Waals surface area contributed by atoms with Gasteiger partial charge < -0.3 is 30.1 Å². The molecule has 11 heteroatoms. The Bertz CT molecular complexity index is 1360. The Morgan fingerprint density at radius 2 is 2.18 bits per heavy atom. The van der Waals surface area contributed by atoms with Gasteiger partial charge in [0.05, 0.1) is 49.3 Å². The molecule has 1 saturated heterocycles. The zero-order valence-electron chi connectivity index (χ0n) is 21.5. The number of anilines is 1. The number of hydrogen-bond donors (Lipinski definition) is 3. The second-order valence-corrected chi connectivity index (χ2v) is 9.97. The number of ether oxygens (including phenoxy) is 2. The molecule has 1 fully saturated rings. The molecular weight excluding hydrogens is 522 g/mol. The Morgan fingerprint density at radius 3 is 2.95 bits per heavy atom. The van der Waals surface area contributed by atoms with E-state index < -0.39 is 6.04 Å². The summed E-state index contributed by atoms with van der Waals surface area (Å²) >= 11 is 6.44. The molecule has 0 saturated carbocycles. The molecule has 3 N–H and O–H groups in total. The van der Waals surface area contributed by atoms with Gasteiger partial charge in [-0.25, -0.2) is 9.97 Å². The van der Waals surface area contributed by atoms with Gasteiger partial charge in [0.15, 0.2) is 0 Å². The molecule has 0 aliphatic carbocycles. The molecule has 0 radical (unpaired) electrons. The van der Waals surface area contributed by atoms with Gasteiger partial charge in [-0.05, 0) is 42.2 Å². The second-order valence-electron chi connectivity index (χ2n) is 9.56. The van der Waals surface area contributed by atoms with Gasteiger partial charge in [-0.15, -0.1) is 0 Å². The molecular formula is C28H30ClN5O5. The number of amides is 2. The number of fused-ring (bicyclic) bond motifs is 1. The van der Waals surface area contributed by atoms with Crippen molar-refractivity contribution < 1.29 is 24.2 Å². The highest BCUT2D eigenvalue weighted by atomic mass is 35.5. The standard InChI is InChI=1S/C28H30ClN5O5/c1-38-21-6-2-4-17(10-21)24(15-35)32-25(36)14-34-13-19-8-7-18(11-22(19)27(34)37)26-23(29)12-30-28(33-26)31-20-5-3-9-39-16-20/h2,4,6-8,10-12,20,24,35H,3,5,9,13-16H2,1H3,(H,32,36)(H,30,31,33)/t20-,24?/m1/s1. The Hall–Kier alpha value is -3.73. The van der Waals surface area contributed by atoms with Crippen molar-refractivity contribution in [3.63, 3.8) is 0 Å². The van der Waals surface area contributed by atoms with E-state index in [-0.39, 0.29) is 31.0 Å². The summed E-state index contributed by atoms with van der Waals surface area (Å²) in [4.78, 5) is 36.4. The van der Waals surface area contributed by atoms with Crippen LogP contribution in [0.1, 0.15) is 40.4 Å². The van der Waals surface area contributed by atoms with Crippen molar-refractivity contribution in [2.75, 3.05) is 38.8 Å². The summed E-state index contributed by atoms with van der Waals surface area (Å²) in [7, 11) is 1.55. The SMILES string of the molecule is COc1cccc(C(CO)NC(=O)CN2Cc3ccc(-c4nc(N[C@@H]5CCCOC5)ncc4Cl)cc3C2=O)c1. The van der Waals surface area contributed by atoms with Crippen LogP contribution in [0.3, 0.4) is 0 Å². The van der Waals surface area contributed by atoms with Crippen LogP contribution in [0.2, 0.25) is 5.02 Å². The third-order valence-corrected chi connectivity index (χ3v) is 7.12.